The highest BCUT2D eigenvalue weighted by molar-refractivity contribution is 5.98. The first kappa shape index (κ1) is 21.8. The summed E-state index contributed by atoms with van der Waals surface area (Å²) in [5.41, 5.74) is 2.82. The third-order valence-corrected chi connectivity index (χ3v) is 5.86. The lowest BCUT2D eigenvalue weighted by Gasteiger charge is -2.24. The molecule has 1 aromatic heterocycles. The molecule has 4 rings (SSSR count). The molecule has 1 heterocycles. The van der Waals surface area contributed by atoms with E-state index in [0.29, 0.717) is 13.1 Å². The van der Waals surface area contributed by atoms with Gasteiger partial charge < -0.3 is 9.47 Å². The first-order valence-electron chi connectivity index (χ1n) is 11.3. The number of carbonyl (C=O) groups excluding carboxylic acids is 1. The number of rotatable bonds is 9. The highest BCUT2D eigenvalue weighted by Crippen LogP contribution is 2.19. The summed E-state index contributed by atoms with van der Waals surface area (Å²) in [7, 11) is 0. The molecule has 0 bridgehead atoms. The van der Waals surface area contributed by atoms with E-state index in [2.05, 4.69) is 23.6 Å². The molecular formula is C28H29FN2O. The molecule has 0 spiro atoms. The lowest BCUT2D eigenvalue weighted by atomic mass is 10.1. The number of fused-ring (bicyclic) bond motifs is 1. The van der Waals surface area contributed by atoms with Gasteiger partial charge in [-0.25, -0.2) is 4.39 Å². The van der Waals surface area contributed by atoms with Gasteiger partial charge in [-0.2, -0.15) is 0 Å². The van der Waals surface area contributed by atoms with Crippen molar-refractivity contribution in [1.82, 2.24) is 9.47 Å². The first-order valence-corrected chi connectivity index (χ1v) is 11.3. The summed E-state index contributed by atoms with van der Waals surface area (Å²) in [5, 5.41) is 2.21. The number of halogens is 1. The molecule has 0 fully saturated rings. The van der Waals surface area contributed by atoms with E-state index >= 15 is 0 Å². The normalized spacial score (nSPS) is 11.1. The summed E-state index contributed by atoms with van der Waals surface area (Å²) in [6.07, 6.45) is 5.20. The molecule has 3 aromatic carbocycles. The second-order valence-electron chi connectivity index (χ2n) is 8.25. The molecule has 0 aliphatic heterocycles. The summed E-state index contributed by atoms with van der Waals surface area (Å²) in [4.78, 5) is 15.4. The van der Waals surface area contributed by atoms with Gasteiger partial charge in [0, 0.05) is 30.5 Å². The van der Waals surface area contributed by atoms with Crippen LogP contribution < -0.4 is 0 Å². The summed E-state index contributed by atoms with van der Waals surface area (Å²) in [6, 6.07) is 24.7. The molecule has 0 saturated heterocycles. The smallest absolute Gasteiger partial charge is 0.254 e. The minimum Gasteiger partial charge on any atom is -0.345 e. The number of hydrogen-bond donors (Lipinski definition) is 0. The Kier molecular flexibility index (Phi) is 7.00. The SMILES string of the molecule is CCCCCN(Cc1cccn1Cc1ccc(F)cc1)C(=O)c1ccc2ccccc2c1. The highest BCUT2D eigenvalue weighted by atomic mass is 19.1. The van der Waals surface area contributed by atoms with E-state index < -0.39 is 0 Å². The van der Waals surface area contributed by atoms with Gasteiger partial charge >= 0.3 is 0 Å². The maximum absolute atomic E-state index is 13.5. The van der Waals surface area contributed by atoms with E-state index in [-0.39, 0.29) is 11.7 Å². The van der Waals surface area contributed by atoms with Crippen LogP contribution in [-0.2, 0) is 13.1 Å². The van der Waals surface area contributed by atoms with Crippen molar-refractivity contribution in [3.63, 3.8) is 0 Å². The highest BCUT2D eigenvalue weighted by Gasteiger charge is 2.18. The first-order chi connectivity index (χ1) is 15.6. The van der Waals surface area contributed by atoms with Gasteiger partial charge in [-0.15, -0.1) is 0 Å². The predicted molar refractivity (Wildman–Crippen MR) is 128 cm³/mol. The van der Waals surface area contributed by atoms with Gasteiger partial charge in [-0.1, -0.05) is 62.2 Å². The van der Waals surface area contributed by atoms with Crippen molar-refractivity contribution in [2.45, 2.75) is 39.3 Å². The Morgan fingerprint density at radius 2 is 1.69 bits per heavy atom. The maximum Gasteiger partial charge on any atom is 0.254 e. The van der Waals surface area contributed by atoms with Gasteiger partial charge in [-0.05, 0) is 59.2 Å². The monoisotopic (exact) mass is 428 g/mol. The van der Waals surface area contributed by atoms with Crippen LogP contribution in [0.15, 0.2) is 85.1 Å². The zero-order valence-corrected chi connectivity index (χ0v) is 18.5. The van der Waals surface area contributed by atoms with E-state index in [4.69, 9.17) is 0 Å². The standard InChI is InChI=1S/C28H29FN2O/c1-2-3-6-17-31(28(32)25-14-13-23-8-4-5-9-24(23)19-25)21-27-10-7-18-30(27)20-22-11-15-26(29)16-12-22/h4-5,7-16,18-19H,2-3,6,17,20-21H2,1H3. The van der Waals surface area contributed by atoms with Gasteiger partial charge in [0.2, 0.25) is 0 Å². The molecule has 0 aliphatic carbocycles. The number of aromatic nitrogens is 1. The fourth-order valence-electron chi connectivity index (χ4n) is 4.04. The Morgan fingerprint density at radius 3 is 2.47 bits per heavy atom. The maximum atomic E-state index is 13.5. The van der Waals surface area contributed by atoms with Crippen molar-refractivity contribution in [1.29, 1.82) is 0 Å². The molecule has 164 valence electrons. The van der Waals surface area contributed by atoms with Crippen LogP contribution in [0.3, 0.4) is 0 Å². The molecule has 0 N–H and O–H groups in total. The second kappa shape index (κ2) is 10.3. The largest absolute Gasteiger partial charge is 0.345 e. The number of unbranched alkanes of at least 4 members (excludes halogenated alkanes) is 2. The van der Waals surface area contributed by atoms with E-state index in [0.717, 1.165) is 53.4 Å². The van der Waals surface area contributed by atoms with Crippen molar-refractivity contribution in [3.05, 3.63) is 108 Å². The van der Waals surface area contributed by atoms with Crippen molar-refractivity contribution in [3.8, 4) is 0 Å². The van der Waals surface area contributed by atoms with Crippen LogP contribution in [0.1, 0.15) is 47.8 Å². The van der Waals surface area contributed by atoms with Crippen LogP contribution in [-0.4, -0.2) is 21.9 Å². The molecular weight excluding hydrogens is 399 g/mol. The third-order valence-electron chi connectivity index (χ3n) is 5.86. The van der Waals surface area contributed by atoms with E-state index in [9.17, 15) is 9.18 Å². The number of benzene rings is 3. The van der Waals surface area contributed by atoms with Gasteiger partial charge in [0.1, 0.15) is 5.82 Å². The van der Waals surface area contributed by atoms with Crippen LogP contribution in [0.5, 0.6) is 0 Å². The lowest BCUT2D eigenvalue weighted by Crippen LogP contribution is -2.32. The number of hydrogen-bond acceptors (Lipinski definition) is 1. The van der Waals surface area contributed by atoms with Gasteiger partial charge in [0.05, 0.1) is 6.54 Å². The molecule has 0 radical (unpaired) electrons. The molecule has 4 aromatic rings. The second-order valence-corrected chi connectivity index (χ2v) is 8.25. The van der Waals surface area contributed by atoms with Crippen molar-refractivity contribution in [2.24, 2.45) is 0 Å². The Morgan fingerprint density at radius 1 is 0.906 bits per heavy atom. The summed E-state index contributed by atoms with van der Waals surface area (Å²) in [5.74, 6) is -0.175. The molecule has 0 unspecified atom stereocenters. The Balaban J connectivity index is 1.56. The van der Waals surface area contributed by atoms with Crippen molar-refractivity contribution < 1.29 is 9.18 Å². The van der Waals surface area contributed by atoms with Crippen LogP contribution in [0.25, 0.3) is 10.8 Å². The summed E-state index contributed by atoms with van der Waals surface area (Å²) in [6.45, 7) is 4.09. The average Bonchev–Trinajstić information content (AvgIpc) is 3.25. The Labute approximate surface area is 189 Å². The van der Waals surface area contributed by atoms with Crippen LogP contribution in [0, 0.1) is 5.82 Å². The van der Waals surface area contributed by atoms with E-state index in [1.54, 1.807) is 12.1 Å². The van der Waals surface area contributed by atoms with Gasteiger partial charge in [0.15, 0.2) is 0 Å². The predicted octanol–water partition coefficient (Wildman–Crippen LogP) is 6.66. The number of nitrogens with zero attached hydrogens (tertiary/aromatic N) is 2. The van der Waals surface area contributed by atoms with Crippen molar-refractivity contribution >= 4 is 16.7 Å². The zero-order chi connectivity index (χ0) is 22.3. The van der Waals surface area contributed by atoms with Gasteiger partial charge in [-0.3, -0.25) is 4.79 Å². The van der Waals surface area contributed by atoms with Crippen LogP contribution in [0.2, 0.25) is 0 Å². The topological polar surface area (TPSA) is 25.2 Å². The average molecular weight is 429 g/mol. The molecule has 1 amide bonds. The Hall–Kier alpha value is -3.40. The molecule has 0 saturated carbocycles. The molecule has 32 heavy (non-hydrogen) atoms. The minimum atomic E-state index is -0.232. The zero-order valence-electron chi connectivity index (χ0n) is 18.5. The lowest BCUT2D eigenvalue weighted by molar-refractivity contribution is 0.0736. The molecule has 0 aliphatic rings. The number of carbonyl (C=O) groups is 1. The quantitative estimate of drug-likeness (QED) is 0.274. The number of amides is 1. The van der Waals surface area contributed by atoms with Crippen LogP contribution >= 0.6 is 0 Å². The summed E-state index contributed by atoms with van der Waals surface area (Å²) < 4.78 is 15.4. The molecule has 0 atom stereocenters. The minimum absolute atomic E-state index is 0.0568. The van der Waals surface area contributed by atoms with E-state index in [1.165, 1.54) is 12.1 Å². The Bertz CT molecular complexity index is 1180. The van der Waals surface area contributed by atoms with Crippen molar-refractivity contribution in [2.75, 3.05) is 6.54 Å². The molecule has 3 nitrogen and oxygen atoms in total. The summed E-state index contributed by atoms with van der Waals surface area (Å²) >= 11 is 0. The fraction of sp³-hybridized carbons (Fsp3) is 0.250. The molecule has 4 heteroatoms. The fourth-order valence-corrected chi connectivity index (χ4v) is 4.04. The van der Waals surface area contributed by atoms with E-state index in [1.807, 2.05) is 53.6 Å². The third kappa shape index (κ3) is 5.25. The van der Waals surface area contributed by atoms with Crippen LogP contribution in [0.4, 0.5) is 4.39 Å². The van der Waals surface area contributed by atoms with Gasteiger partial charge in [0.25, 0.3) is 5.91 Å².